The summed E-state index contributed by atoms with van der Waals surface area (Å²) in [4.78, 5) is 17.2. The van der Waals surface area contributed by atoms with E-state index in [9.17, 15) is 4.79 Å². The van der Waals surface area contributed by atoms with Crippen LogP contribution in [0.25, 0.3) is 0 Å². The highest BCUT2D eigenvalue weighted by molar-refractivity contribution is 5.82. The second-order valence-corrected chi connectivity index (χ2v) is 6.55. The smallest absolute Gasteiger partial charge is 0.256 e. The van der Waals surface area contributed by atoms with Crippen LogP contribution >= 0.6 is 0 Å². The zero-order valence-corrected chi connectivity index (χ0v) is 15.6. The van der Waals surface area contributed by atoms with Crippen molar-refractivity contribution in [2.45, 2.75) is 19.1 Å². The number of anilines is 1. The first-order valence-corrected chi connectivity index (χ1v) is 8.91. The minimum Gasteiger partial charge on any atom is -0.497 e. The highest BCUT2D eigenvalue weighted by atomic mass is 16.5. The van der Waals surface area contributed by atoms with E-state index in [0.29, 0.717) is 13.1 Å². The molecule has 5 nitrogen and oxygen atoms in total. The summed E-state index contributed by atoms with van der Waals surface area (Å²) in [6.45, 7) is 4.27. The van der Waals surface area contributed by atoms with E-state index >= 15 is 0 Å². The van der Waals surface area contributed by atoms with Crippen LogP contribution < -0.4 is 9.64 Å². The average molecular weight is 354 g/mol. The van der Waals surface area contributed by atoms with E-state index in [2.05, 4.69) is 17.9 Å². The van der Waals surface area contributed by atoms with Crippen LogP contribution in [0.2, 0.25) is 0 Å². The first-order chi connectivity index (χ1) is 12.6. The summed E-state index contributed by atoms with van der Waals surface area (Å²) in [5.41, 5.74) is 2.01. The number of carbonyl (C=O) groups excluding carboxylic acids is 1. The molecule has 26 heavy (non-hydrogen) atoms. The Morgan fingerprint density at radius 3 is 2.50 bits per heavy atom. The fraction of sp³-hybridized carbons (Fsp3) is 0.381. The first-order valence-electron chi connectivity index (χ1n) is 8.91. The number of rotatable bonds is 5. The topological polar surface area (TPSA) is 42.0 Å². The van der Waals surface area contributed by atoms with Crippen molar-refractivity contribution in [1.82, 2.24) is 4.90 Å². The molecule has 0 aliphatic carbocycles. The van der Waals surface area contributed by atoms with E-state index in [0.717, 1.165) is 23.5 Å². The summed E-state index contributed by atoms with van der Waals surface area (Å²) in [6, 6.07) is 17.9. The minimum atomic E-state index is -0.549. The molecule has 0 radical (unpaired) electrons. The lowest BCUT2D eigenvalue weighted by atomic mass is 10.1. The molecule has 138 valence electrons. The zero-order valence-electron chi connectivity index (χ0n) is 15.6. The van der Waals surface area contributed by atoms with E-state index in [1.165, 1.54) is 0 Å². The number of ether oxygens (including phenoxy) is 2. The number of methoxy groups -OCH3 is 2. The molecule has 0 aromatic heterocycles. The molecule has 0 bridgehead atoms. The van der Waals surface area contributed by atoms with Crippen molar-refractivity contribution in [3.8, 4) is 5.75 Å². The maximum Gasteiger partial charge on any atom is 0.256 e. The number of amides is 1. The number of hydrogen-bond acceptors (Lipinski definition) is 4. The lowest BCUT2D eigenvalue weighted by Gasteiger charge is -2.42. The maximum atomic E-state index is 13.0. The average Bonchev–Trinajstić information content (AvgIpc) is 2.69. The second-order valence-electron chi connectivity index (χ2n) is 6.55. The van der Waals surface area contributed by atoms with Crippen LogP contribution in [0.1, 0.15) is 18.6 Å². The summed E-state index contributed by atoms with van der Waals surface area (Å²) in [5, 5.41) is 0. The number of benzene rings is 2. The van der Waals surface area contributed by atoms with Gasteiger partial charge in [-0.1, -0.05) is 36.4 Å². The quantitative estimate of drug-likeness (QED) is 0.827. The van der Waals surface area contributed by atoms with Crippen LogP contribution in [0.3, 0.4) is 0 Å². The van der Waals surface area contributed by atoms with Crippen molar-refractivity contribution in [3.05, 3.63) is 60.2 Å². The van der Waals surface area contributed by atoms with E-state index in [1.807, 2.05) is 53.4 Å². The molecule has 0 N–H and O–H groups in total. The Labute approximate surface area is 155 Å². The van der Waals surface area contributed by atoms with Gasteiger partial charge in [-0.3, -0.25) is 4.79 Å². The predicted molar refractivity (Wildman–Crippen MR) is 103 cm³/mol. The molecule has 5 heteroatoms. The van der Waals surface area contributed by atoms with Gasteiger partial charge in [0.25, 0.3) is 5.91 Å². The molecule has 0 spiro atoms. The Kier molecular flexibility index (Phi) is 5.78. The molecule has 1 heterocycles. The van der Waals surface area contributed by atoms with Crippen molar-refractivity contribution >= 4 is 11.6 Å². The Bertz CT molecular complexity index is 735. The Morgan fingerprint density at radius 2 is 1.85 bits per heavy atom. The Hall–Kier alpha value is -2.53. The van der Waals surface area contributed by atoms with Crippen molar-refractivity contribution in [1.29, 1.82) is 0 Å². The number of hydrogen-bond donors (Lipinski definition) is 0. The third-order valence-corrected chi connectivity index (χ3v) is 4.89. The molecule has 1 aliphatic rings. The molecule has 1 saturated heterocycles. The summed E-state index contributed by atoms with van der Waals surface area (Å²) in [6.07, 6.45) is -0.549. The van der Waals surface area contributed by atoms with E-state index in [-0.39, 0.29) is 11.9 Å². The zero-order chi connectivity index (χ0) is 18.5. The van der Waals surface area contributed by atoms with Gasteiger partial charge in [0.2, 0.25) is 0 Å². The fourth-order valence-corrected chi connectivity index (χ4v) is 3.50. The van der Waals surface area contributed by atoms with Crippen molar-refractivity contribution in [3.63, 3.8) is 0 Å². The lowest BCUT2D eigenvalue weighted by Crippen LogP contribution is -2.54. The summed E-state index contributed by atoms with van der Waals surface area (Å²) >= 11 is 0. The van der Waals surface area contributed by atoms with Gasteiger partial charge in [-0.2, -0.15) is 0 Å². The monoisotopic (exact) mass is 354 g/mol. The number of nitrogens with zero attached hydrogens (tertiary/aromatic N) is 2. The van der Waals surface area contributed by atoms with Gasteiger partial charge in [-0.25, -0.2) is 0 Å². The van der Waals surface area contributed by atoms with E-state index in [1.54, 1.807) is 14.2 Å². The molecule has 2 aromatic rings. The first kappa shape index (κ1) is 18.3. The number of piperazine rings is 1. The summed E-state index contributed by atoms with van der Waals surface area (Å²) in [5.74, 6) is 0.868. The number of carbonyl (C=O) groups is 1. The summed E-state index contributed by atoms with van der Waals surface area (Å²) in [7, 11) is 3.26. The fourth-order valence-electron chi connectivity index (χ4n) is 3.50. The molecule has 2 atom stereocenters. The van der Waals surface area contributed by atoms with Crippen LogP contribution in [0.4, 0.5) is 5.69 Å². The third-order valence-electron chi connectivity index (χ3n) is 4.89. The minimum absolute atomic E-state index is 0.0239. The Morgan fingerprint density at radius 1 is 1.08 bits per heavy atom. The van der Waals surface area contributed by atoms with Crippen LogP contribution in [-0.4, -0.2) is 50.7 Å². The van der Waals surface area contributed by atoms with Crippen LogP contribution in [0.5, 0.6) is 5.75 Å². The van der Waals surface area contributed by atoms with Crippen molar-refractivity contribution < 1.29 is 14.3 Å². The third kappa shape index (κ3) is 3.83. The molecule has 0 saturated carbocycles. The molecular weight excluding hydrogens is 328 g/mol. The molecular formula is C21H26N2O3. The van der Waals surface area contributed by atoms with Gasteiger partial charge in [-0.15, -0.1) is 0 Å². The standard InChI is InChI=1S/C21H26N2O3/c1-16-15-22(21(24)20(26-3)17-8-5-4-6-9-17)12-13-23(16)18-10-7-11-19(14-18)25-2/h4-11,14,16,20H,12-13,15H2,1-3H3/t16-,20+/m0/s1. The van der Waals surface area contributed by atoms with E-state index in [4.69, 9.17) is 9.47 Å². The normalized spacial score (nSPS) is 18.5. The molecule has 1 fully saturated rings. The maximum absolute atomic E-state index is 13.0. The summed E-state index contributed by atoms with van der Waals surface area (Å²) < 4.78 is 10.8. The SMILES string of the molecule is COc1cccc(N2CCN(C(=O)[C@H](OC)c3ccccc3)C[C@@H]2C)c1. The van der Waals surface area contributed by atoms with Gasteiger partial charge in [0.05, 0.1) is 7.11 Å². The highest BCUT2D eigenvalue weighted by Crippen LogP contribution is 2.26. The van der Waals surface area contributed by atoms with Gasteiger partial charge in [-0.05, 0) is 24.6 Å². The van der Waals surface area contributed by atoms with Gasteiger partial charge in [0.15, 0.2) is 6.10 Å². The van der Waals surface area contributed by atoms with Gasteiger partial charge >= 0.3 is 0 Å². The van der Waals surface area contributed by atoms with Gasteiger partial charge in [0, 0.05) is 44.5 Å². The molecule has 3 rings (SSSR count). The van der Waals surface area contributed by atoms with Gasteiger partial charge in [0.1, 0.15) is 5.75 Å². The molecule has 2 aromatic carbocycles. The van der Waals surface area contributed by atoms with Crippen molar-refractivity contribution in [2.75, 3.05) is 38.8 Å². The van der Waals surface area contributed by atoms with Crippen LogP contribution in [-0.2, 0) is 9.53 Å². The molecule has 1 amide bonds. The van der Waals surface area contributed by atoms with Crippen LogP contribution in [0.15, 0.2) is 54.6 Å². The van der Waals surface area contributed by atoms with E-state index < -0.39 is 6.10 Å². The molecule has 0 unspecified atom stereocenters. The highest BCUT2D eigenvalue weighted by Gasteiger charge is 2.31. The Balaban J connectivity index is 1.70. The van der Waals surface area contributed by atoms with Gasteiger partial charge < -0.3 is 19.3 Å². The molecule has 1 aliphatic heterocycles. The van der Waals surface area contributed by atoms with Crippen molar-refractivity contribution in [2.24, 2.45) is 0 Å². The largest absolute Gasteiger partial charge is 0.497 e. The lowest BCUT2D eigenvalue weighted by molar-refractivity contribution is -0.143. The van der Waals surface area contributed by atoms with Crippen LogP contribution in [0, 0.1) is 0 Å². The predicted octanol–water partition coefficient (Wildman–Crippen LogP) is 3.12. The second kappa shape index (κ2) is 8.23.